The minimum Gasteiger partial charge on any atom is -0.447 e. The van der Waals surface area contributed by atoms with Crippen molar-refractivity contribution >= 4 is 6.09 Å². The summed E-state index contributed by atoms with van der Waals surface area (Å²) < 4.78 is 5.11. The first-order valence-electron chi connectivity index (χ1n) is 6.75. The van der Waals surface area contributed by atoms with Gasteiger partial charge < -0.3 is 4.74 Å². The standard InChI is InChI=1S/C14H18N2O4/c1-2-6-12(9-15(18)19)16-13(10-20-14(16)17)11-7-4-3-5-8-11/h3-5,7-8,12-13H,2,6,9-10H2,1H3/t12-,13-/m0/s1. The monoisotopic (exact) mass is 278 g/mol. The molecule has 6 nitrogen and oxygen atoms in total. The van der Waals surface area contributed by atoms with Crippen LogP contribution in [0, 0.1) is 10.1 Å². The van der Waals surface area contributed by atoms with Gasteiger partial charge in [-0.05, 0) is 12.0 Å². The van der Waals surface area contributed by atoms with Gasteiger partial charge in [-0.2, -0.15) is 0 Å². The van der Waals surface area contributed by atoms with Gasteiger partial charge in [0, 0.05) is 4.92 Å². The Morgan fingerprint density at radius 1 is 1.45 bits per heavy atom. The summed E-state index contributed by atoms with van der Waals surface area (Å²) in [6, 6.07) is 8.84. The minimum atomic E-state index is -0.459. The Labute approximate surface area is 117 Å². The van der Waals surface area contributed by atoms with Crippen molar-refractivity contribution in [3.8, 4) is 0 Å². The third kappa shape index (κ3) is 3.07. The number of hydrogen-bond donors (Lipinski definition) is 0. The highest BCUT2D eigenvalue weighted by Crippen LogP contribution is 2.31. The molecule has 0 bridgehead atoms. The summed E-state index contributed by atoms with van der Waals surface area (Å²) in [5.41, 5.74) is 0.947. The summed E-state index contributed by atoms with van der Waals surface area (Å²) in [7, 11) is 0. The molecule has 0 saturated carbocycles. The number of carbonyl (C=O) groups is 1. The van der Waals surface area contributed by atoms with Crippen molar-refractivity contribution in [3.63, 3.8) is 0 Å². The van der Waals surface area contributed by atoms with Crippen molar-refractivity contribution in [2.45, 2.75) is 31.8 Å². The molecule has 1 amide bonds. The summed E-state index contributed by atoms with van der Waals surface area (Å²) in [6.07, 6.45) is 0.919. The number of hydrogen-bond acceptors (Lipinski definition) is 4. The average Bonchev–Trinajstić information content (AvgIpc) is 2.80. The van der Waals surface area contributed by atoms with Gasteiger partial charge in [-0.3, -0.25) is 15.0 Å². The first-order valence-corrected chi connectivity index (χ1v) is 6.75. The van der Waals surface area contributed by atoms with Crippen LogP contribution < -0.4 is 0 Å². The molecule has 1 aromatic rings. The number of cyclic esters (lactones) is 1. The van der Waals surface area contributed by atoms with Crippen LogP contribution in [0.25, 0.3) is 0 Å². The first-order chi connectivity index (χ1) is 9.63. The first kappa shape index (κ1) is 14.3. The summed E-state index contributed by atoms with van der Waals surface area (Å²) in [6.45, 7) is 1.96. The van der Waals surface area contributed by atoms with Gasteiger partial charge in [0.25, 0.3) is 0 Å². The van der Waals surface area contributed by atoms with Gasteiger partial charge in [0.1, 0.15) is 12.6 Å². The minimum absolute atomic E-state index is 0.236. The van der Waals surface area contributed by atoms with Gasteiger partial charge in [0.05, 0.1) is 6.04 Å². The van der Waals surface area contributed by atoms with Crippen molar-refractivity contribution in [3.05, 3.63) is 46.0 Å². The number of ether oxygens (including phenoxy) is 1. The molecular weight excluding hydrogens is 260 g/mol. The van der Waals surface area contributed by atoms with E-state index in [1.807, 2.05) is 37.3 Å². The smallest absolute Gasteiger partial charge is 0.410 e. The summed E-state index contributed by atoms with van der Waals surface area (Å²) in [5, 5.41) is 10.8. The maximum atomic E-state index is 11.9. The van der Waals surface area contributed by atoms with Crippen LogP contribution in [-0.4, -0.2) is 35.1 Å². The second kappa shape index (κ2) is 6.36. The topological polar surface area (TPSA) is 72.7 Å². The molecule has 1 aliphatic heterocycles. The third-order valence-electron chi connectivity index (χ3n) is 3.47. The highest BCUT2D eigenvalue weighted by atomic mass is 16.6. The lowest BCUT2D eigenvalue weighted by Gasteiger charge is -2.28. The van der Waals surface area contributed by atoms with E-state index in [9.17, 15) is 14.9 Å². The highest BCUT2D eigenvalue weighted by Gasteiger charge is 2.40. The molecule has 0 aliphatic carbocycles. The van der Waals surface area contributed by atoms with E-state index in [0.29, 0.717) is 6.42 Å². The Hall–Kier alpha value is -2.11. The molecule has 0 radical (unpaired) electrons. The molecule has 1 fully saturated rings. The quantitative estimate of drug-likeness (QED) is 0.592. The SMILES string of the molecule is CCC[C@@H](C[N+](=O)[O-])N1C(=O)OC[C@H]1c1ccccc1. The van der Waals surface area contributed by atoms with Crippen molar-refractivity contribution in [1.29, 1.82) is 0 Å². The number of nitrogens with zero attached hydrogens (tertiary/aromatic N) is 2. The Morgan fingerprint density at radius 3 is 2.75 bits per heavy atom. The molecule has 0 unspecified atom stereocenters. The third-order valence-corrected chi connectivity index (χ3v) is 3.47. The van der Waals surface area contributed by atoms with Crippen molar-refractivity contribution < 1.29 is 14.5 Å². The van der Waals surface area contributed by atoms with Gasteiger partial charge in [-0.25, -0.2) is 4.79 Å². The molecule has 20 heavy (non-hydrogen) atoms. The van der Waals surface area contributed by atoms with Gasteiger partial charge in [-0.1, -0.05) is 43.7 Å². The van der Waals surface area contributed by atoms with E-state index in [2.05, 4.69) is 0 Å². The van der Waals surface area contributed by atoms with Gasteiger partial charge >= 0.3 is 6.09 Å². The van der Waals surface area contributed by atoms with Crippen LogP contribution in [0.1, 0.15) is 31.4 Å². The normalized spacial score (nSPS) is 19.8. The molecule has 2 rings (SSSR count). The summed E-state index contributed by atoms with van der Waals surface area (Å²) in [5.74, 6) is 0. The van der Waals surface area contributed by atoms with Crippen LogP contribution in [-0.2, 0) is 4.74 Å². The molecule has 1 aromatic carbocycles. The lowest BCUT2D eigenvalue weighted by Crippen LogP contribution is -2.42. The van der Waals surface area contributed by atoms with Crippen molar-refractivity contribution in [1.82, 2.24) is 4.90 Å². The van der Waals surface area contributed by atoms with E-state index in [4.69, 9.17) is 4.74 Å². The van der Waals surface area contributed by atoms with Crippen LogP contribution in [0.5, 0.6) is 0 Å². The Kier molecular flexibility index (Phi) is 4.55. The average molecular weight is 278 g/mol. The van der Waals surface area contributed by atoms with Gasteiger partial charge in [-0.15, -0.1) is 0 Å². The summed E-state index contributed by atoms with van der Waals surface area (Å²) in [4.78, 5) is 23.9. The maximum absolute atomic E-state index is 11.9. The Balaban J connectivity index is 2.24. The number of amides is 1. The van der Waals surface area contributed by atoms with E-state index in [0.717, 1.165) is 12.0 Å². The predicted molar refractivity (Wildman–Crippen MR) is 72.9 cm³/mol. The van der Waals surface area contributed by atoms with Crippen molar-refractivity contribution in [2.75, 3.05) is 13.2 Å². The zero-order chi connectivity index (χ0) is 14.5. The number of nitro groups is 1. The fourth-order valence-electron chi connectivity index (χ4n) is 2.59. The molecule has 6 heteroatoms. The second-order valence-electron chi connectivity index (χ2n) is 4.87. The Morgan fingerprint density at radius 2 is 2.15 bits per heavy atom. The molecular formula is C14H18N2O4. The molecule has 2 atom stereocenters. The molecule has 0 aromatic heterocycles. The molecule has 1 aliphatic rings. The molecule has 0 spiro atoms. The highest BCUT2D eigenvalue weighted by molar-refractivity contribution is 5.71. The fourth-order valence-corrected chi connectivity index (χ4v) is 2.59. The zero-order valence-corrected chi connectivity index (χ0v) is 11.4. The van der Waals surface area contributed by atoms with Crippen LogP contribution in [0.15, 0.2) is 30.3 Å². The molecule has 1 saturated heterocycles. The number of carbonyl (C=O) groups excluding carboxylic acids is 1. The van der Waals surface area contributed by atoms with E-state index in [1.165, 1.54) is 4.90 Å². The Bertz CT molecular complexity index is 477. The van der Waals surface area contributed by atoms with E-state index >= 15 is 0 Å². The van der Waals surface area contributed by atoms with Crippen LogP contribution in [0.2, 0.25) is 0 Å². The number of rotatable bonds is 6. The second-order valence-corrected chi connectivity index (χ2v) is 4.87. The van der Waals surface area contributed by atoms with Crippen LogP contribution in [0.3, 0.4) is 0 Å². The fraction of sp³-hybridized carbons (Fsp3) is 0.500. The maximum Gasteiger partial charge on any atom is 0.410 e. The van der Waals surface area contributed by atoms with Crippen LogP contribution >= 0.6 is 0 Å². The zero-order valence-electron chi connectivity index (χ0n) is 11.4. The molecule has 0 N–H and O–H groups in total. The van der Waals surface area contributed by atoms with E-state index < -0.39 is 12.1 Å². The molecule has 1 heterocycles. The summed E-state index contributed by atoms with van der Waals surface area (Å²) >= 11 is 0. The van der Waals surface area contributed by atoms with Gasteiger partial charge in [0.15, 0.2) is 0 Å². The largest absolute Gasteiger partial charge is 0.447 e. The van der Waals surface area contributed by atoms with E-state index in [1.54, 1.807) is 0 Å². The molecule has 108 valence electrons. The lowest BCUT2D eigenvalue weighted by atomic mass is 10.0. The van der Waals surface area contributed by atoms with Crippen molar-refractivity contribution in [2.24, 2.45) is 0 Å². The lowest BCUT2D eigenvalue weighted by molar-refractivity contribution is -0.486. The van der Waals surface area contributed by atoms with Gasteiger partial charge in [0.2, 0.25) is 6.54 Å². The number of benzene rings is 1. The van der Waals surface area contributed by atoms with E-state index in [-0.39, 0.29) is 24.1 Å². The predicted octanol–water partition coefficient (Wildman–Crippen LogP) is 2.63. The van der Waals surface area contributed by atoms with Crippen LogP contribution in [0.4, 0.5) is 4.79 Å².